The second-order valence-corrected chi connectivity index (χ2v) is 4.47. The zero-order chi connectivity index (χ0) is 9.61. The molecular formula is C11H23N. The molecule has 1 nitrogen and oxygen atoms in total. The topological polar surface area (TPSA) is 12.0 Å². The lowest BCUT2D eigenvalue weighted by molar-refractivity contribution is 0.286. The van der Waals surface area contributed by atoms with Gasteiger partial charge in [-0.05, 0) is 31.7 Å². The van der Waals surface area contributed by atoms with E-state index in [9.17, 15) is 0 Å². The first-order valence-electron chi connectivity index (χ1n) is 4.82. The molecule has 0 bridgehead atoms. The minimum absolute atomic E-state index is 0.369. The van der Waals surface area contributed by atoms with E-state index in [1.807, 2.05) is 6.08 Å². The van der Waals surface area contributed by atoms with Crippen molar-refractivity contribution in [3.8, 4) is 0 Å². The van der Waals surface area contributed by atoms with Gasteiger partial charge >= 0.3 is 0 Å². The third-order valence-corrected chi connectivity index (χ3v) is 2.33. The SMILES string of the molecule is C=CCCCNC(C)C(C)(C)C. The maximum atomic E-state index is 3.70. The van der Waals surface area contributed by atoms with Gasteiger partial charge in [-0.3, -0.25) is 0 Å². The van der Waals surface area contributed by atoms with Crippen LogP contribution in [0.4, 0.5) is 0 Å². The van der Waals surface area contributed by atoms with Crippen molar-refractivity contribution in [2.24, 2.45) is 5.41 Å². The van der Waals surface area contributed by atoms with Crippen LogP contribution in [0.1, 0.15) is 40.5 Å². The van der Waals surface area contributed by atoms with E-state index in [2.05, 4.69) is 39.6 Å². The van der Waals surface area contributed by atoms with Crippen molar-refractivity contribution in [1.82, 2.24) is 5.32 Å². The van der Waals surface area contributed by atoms with Crippen LogP contribution in [0.2, 0.25) is 0 Å². The maximum Gasteiger partial charge on any atom is 0.00872 e. The lowest BCUT2D eigenvalue weighted by atomic mass is 9.88. The molecule has 0 radical (unpaired) electrons. The zero-order valence-corrected chi connectivity index (χ0v) is 8.98. The molecule has 0 aliphatic heterocycles. The van der Waals surface area contributed by atoms with Gasteiger partial charge in [0, 0.05) is 6.04 Å². The molecule has 1 atom stereocenters. The van der Waals surface area contributed by atoms with Gasteiger partial charge < -0.3 is 5.32 Å². The van der Waals surface area contributed by atoms with Crippen LogP contribution in [-0.4, -0.2) is 12.6 Å². The second-order valence-electron chi connectivity index (χ2n) is 4.47. The summed E-state index contributed by atoms with van der Waals surface area (Å²) in [6, 6.07) is 0.585. The van der Waals surface area contributed by atoms with Gasteiger partial charge in [0.1, 0.15) is 0 Å². The highest BCUT2D eigenvalue weighted by Gasteiger charge is 2.18. The summed E-state index contributed by atoms with van der Waals surface area (Å²) in [6.07, 6.45) is 4.29. The number of rotatable bonds is 5. The summed E-state index contributed by atoms with van der Waals surface area (Å²) in [5.41, 5.74) is 0.369. The van der Waals surface area contributed by atoms with E-state index in [1.54, 1.807) is 0 Å². The number of unbranched alkanes of at least 4 members (excludes halogenated alkanes) is 1. The highest BCUT2D eigenvalue weighted by atomic mass is 14.9. The third-order valence-electron chi connectivity index (χ3n) is 2.33. The monoisotopic (exact) mass is 169 g/mol. The summed E-state index contributed by atoms with van der Waals surface area (Å²) in [5.74, 6) is 0. The molecule has 0 fully saturated rings. The zero-order valence-electron chi connectivity index (χ0n) is 8.98. The second kappa shape index (κ2) is 5.36. The first-order chi connectivity index (χ1) is 5.48. The van der Waals surface area contributed by atoms with Gasteiger partial charge in [0.15, 0.2) is 0 Å². The number of nitrogens with one attached hydrogen (secondary N) is 1. The van der Waals surface area contributed by atoms with Crippen LogP contribution in [-0.2, 0) is 0 Å². The highest BCUT2D eigenvalue weighted by Crippen LogP contribution is 2.18. The van der Waals surface area contributed by atoms with E-state index < -0.39 is 0 Å². The first kappa shape index (κ1) is 11.7. The molecule has 1 heteroatoms. The fraction of sp³-hybridized carbons (Fsp3) is 0.818. The number of hydrogen-bond donors (Lipinski definition) is 1. The predicted octanol–water partition coefficient (Wildman–Crippen LogP) is 2.98. The van der Waals surface area contributed by atoms with Crippen LogP contribution in [0, 0.1) is 5.41 Å². The average molecular weight is 169 g/mol. The van der Waals surface area contributed by atoms with Crippen molar-refractivity contribution in [2.75, 3.05) is 6.54 Å². The lowest BCUT2D eigenvalue weighted by Crippen LogP contribution is -2.38. The van der Waals surface area contributed by atoms with Crippen LogP contribution in [0.25, 0.3) is 0 Å². The molecular weight excluding hydrogens is 146 g/mol. The van der Waals surface area contributed by atoms with E-state index in [1.165, 1.54) is 6.42 Å². The molecule has 1 unspecified atom stereocenters. The molecule has 0 amide bonds. The Morgan fingerprint density at radius 1 is 1.42 bits per heavy atom. The fourth-order valence-corrected chi connectivity index (χ4v) is 0.871. The summed E-state index contributed by atoms with van der Waals surface area (Å²) in [4.78, 5) is 0. The quantitative estimate of drug-likeness (QED) is 0.493. The third kappa shape index (κ3) is 5.36. The Hall–Kier alpha value is -0.300. The van der Waals surface area contributed by atoms with Crippen LogP contribution < -0.4 is 5.32 Å². The number of hydrogen-bond acceptors (Lipinski definition) is 1. The van der Waals surface area contributed by atoms with Crippen LogP contribution in [0.3, 0.4) is 0 Å². The summed E-state index contributed by atoms with van der Waals surface area (Å²) >= 11 is 0. The van der Waals surface area contributed by atoms with E-state index in [0.717, 1.165) is 13.0 Å². The van der Waals surface area contributed by atoms with E-state index in [0.29, 0.717) is 11.5 Å². The average Bonchev–Trinajstić information content (AvgIpc) is 1.96. The molecule has 0 rings (SSSR count). The molecule has 0 aromatic rings. The number of allylic oxidation sites excluding steroid dienone is 1. The molecule has 0 saturated carbocycles. The summed E-state index contributed by atoms with van der Waals surface area (Å²) < 4.78 is 0. The van der Waals surface area contributed by atoms with Crippen molar-refractivity contribution in [3.63, 3.8) is 0 Å². The summed E-state index contributed by atoms with van der Waals surface area (Å²) in [7, 11) is 0. The first-order valence-corrected chi connectivity index (χ1v) is 4.82. The fourth-order valence-electron chi connectivity index (χ4n) is 0.871. The molecule has 0 aromatic heterocycles. The highest BCUT2D eigenvalue weighted by molar-refractivity contribution is 4.76. The minimum Gasteiger partial charge on any atom is -0.314 e. The molecule has 0 aromatic carbocycles. The minimum atomic E-state index is 0.369. The molecule has 0 heterocycles. The van der Waals surface area contributed by atoms with Gasteiger partial charge in [-0.1, -0.05) is 26.8 Å². The van der Waals surface area contributed by atoms with Crippen molar-refractivity contribution >= 4 is 0 Å². The van der Waals surface area contributed by atoms with Crippen molar-refractivity contribution in [3.05, 3.63) is 12.7 Å². The summed E-state index contributed by atoms with van der Waals surface area (Å²) in [6.45, 7) is 13.8. The van der Waals surface area contributed by atoms with E-state index in [4.69, 9.17) is 0 Å². The molecule has 0 aliphatic rings. The van der Waals surface area contributed by atoms with Gasteiger partial charge in [0.05, 0.1) is 0 Å². The standard InChI is InChI=1S/C11H23N/c1-6-7-8-9-12-10(2)11(3,4)5/h6,10,12H,1,7-9H2,2-5H3. The lowest BCUT2D eigenvalue weighted by Gasteiger charge is -2.28. The van der Waals surface area contributed by atoms with Gasteiger partial charge in [0.2, 0.25) is 0 Å². The molecule has 0 saturated heterocycles. The molecule has 0 aliphatic carbocycles. The van der Waals surface area contributed by atoms with Gasteiger partial charge in [0.25, 0.3) is 0 Å². The Kier molecular flexibility index (Phi) is 5.23. The Morgan fingerprint density at radius 3 is 2.42 bits per heavy atom. The Morgan fingerprint density at radius 2 is 2.00 bits per heavy atom. The van der Waals surface area contributed by atoms with Crippen molar-refractivity contribution in [1.29, 1.82) is 0 Å². The largest absolute Gasteiger partial charge is 0.314 e. The molecule has 72 valence electrons. The molecule has 1 N–H and O–H groups in total. The van der Waals surface area contributed by atoms with Gasteiger partial charge in [-0.25, -0.2) is 0 Å². The molecule has 12 heavy (non-hydrogen) atoms. The maximum absolute atomic E-state index is 3.70. The van der Waals surface area contributed by atoms with E-state index in [-0.39, 0.29) is 0 Å². The van der Waals surface area contributed by atoms with Crippen LogP contribution in [0.5, 0.6) is 0 Å². The van der Waals surface area contributed by atoms with Crippen LogP contribution in [0.15, 0.2) is 12.7 Å². The normalized spacial score (nSPS) is 14.3. The Bertz CT molecular complexity index is 121. The van der Waals surface area contributed by atoms with Gasteiger partial charge in [-0.2, -0.15) is 0 Å². The van der Waals surface area contributed by atoms with Gasteiger partial charge in [-0.15, -0.1) is 6.58 Å². The predicted molar refractivity (Wildman–Crippen MR) is 56.4 cm³/mol. The van der Waals surface area contributed by atoms with Crippen molar-refractivity contribution in [2.45, 2.75) is 46.6 Å². The Labute approximate surface area is 77.2 Å². The van der Waals surface area contributed by atoms with E-state index >= 15 is 0 Å². The molecule has 0 spiro atoms. The Balaban J connectivity index is 3.44. The van der Waals surface area contributed by atoms with Crippen molar-refractivity contribution < 1.29 is 0 Å². The van der Waals surface area contributed by atoms with Crippen LogP contribution >= 0.6 is 0 Å². The smallest absolute Gasteiger partial charge is 0.00872 e. The summed E-state index contributed by atoms with van der Waals surface area (Å²) in [5, 5.41) is 3.51.